The lowest BCUT2D eigenvalue weighted by atomic mass is 9.91. The third-order valence-corrected chi connectivity index (χ3v) is 6.92. The average molecular weight is 517 g/mol. The molecule has 1 aliphatic heterocycles. The van der Waals surface area contributed by atoms with E-state index >= 15 is 0 Å². The van der Waals surface area contributed by atoms with E-state index in [9.17, 15) is 4.79 Å². The maximum atomic E-state index is 13.6. The molecule has 0 aromatic heterocycles. The summed E-state index contributed by atoms with van der Waals surface area (Å²) >= 11 is 0. The standard InChI is InChI=1S/C28H40N2O7/c1-32-12-6-13-36-25-15-19(18-30(20-9-10-20)28(31)26-17-29-11-14-37-26)21(16-24(25)35-4)27-22(33-2)7-5-8-23(27)34-3/h7,15-16,20,26,29H,5-6,8-14,17-18H2,1-4H3/t26-/m1/s1. The monoisotopic (exact) mass is 516 g/mol. The Kier molecular flexibility index (Phi) is 9.71. The van der Waals surface area contributed by atoms with E-state index in [0.29, 0.717) is 44.4 Å². The molecule has 1 saturated heterocycles. The minimum absolute atomic E-state index is 0.0196. The van der Waals surface area contributed by atoms with Gasteiger partial charge < -0.3 is 38.6 Å². The molecule has 1 amide bonds. The Hall–Kier alpha value is -2.75. The van der Waals surface area contributed by atoms with E-state index < -0.39 is 6.10 Å². The first-order valence-electron chi connectivity index (χ1n) is 13.1. The summed E-state index contributed by atoms with van der Waals surface area (Å²) in [7, 11) is 6.66. The summed E-state index contributed by atoms with van der Waals surface area (Å²) < 4.78 is 34.4. The van der Waals surface area contributed by atoms with Crippen LogP contribution < -0.4 is 14.8 Å². The minimum Gasteiger partial charge on any atom is -0.500 e. The number of benzene rings is 1. The minimum atomic E-state index is -0.473. The van der Waals surface area contributed by atoms with Gasteiger partial charge in [0.25, 0.3) is 5.91 Å². The molecular weight excluding hydrogens is 476 g/mol. The molecule has 0 bridgehead atoms. The highest BCUT2D eigenvalue weighted by Gasteiger charge is 2.38. The number of allylic oxidation sites excluding steroid dienone is 3. The molecule has 1 N–H and O–H groups in total. The zero-order chi connectivity index (χ0) is 26.2. The first-order chi connectivity index (χ1) is 18.1. The number of carbonyl (C=O) groups excluding carboxylic acids is 1. The average Bonchev–Trinajstić information content (AvgIpc) is 3.79. The molecule has 1 heterocycles. The van der Waals surface area contributed by atoms with E-state index in [1.165, 1.54) is 0 Å². The van der Waals surface area contributed by atoms with Crippen LogP contribution in [0.2, 0.25) is 0 Å². The van der Waals surface area contributed by atoms with Gasteiger partial charge in [-0.1, -0.05) is 0 Å². The van der Waals surface area contributed by atoms with Crippen LogP contribution in [0.1, 0.15) is 43.2 Å². The summed E-state index contributed by atoms with van der Waals surface area (Å²) in [5, 5.41) is 3.27. The van der Waals surface area contributed by atoms with Crippen LogP contribution in [-0.2, 0) is 30.3 Å². The zero-order valence-corrected chi connectivity index (χ0v) is 22.5. The highest BCUT2D eigenvalue weighted by Crippen LogP contribution is 2.42. The van der Waals surface area contributed by atoms with Crippen LogP contribution in [0, 0.1) is 0 Å². The molecule has 1 aromatic rings. The number of hydrogen-bond acceptors (Lipinski definition) is 8. The van der Waals surface area contributed by atoms with Crippen LogP contribution in [0.15, 0.2) is 29.7 Å². The van der Waals surface area contributed by atoms with Crippen molar-refractivity contribution in [2.45, 2.75) is 50.8 Å². The second kappa shape index (κ2) is 13.2. The number of carbonyl (C=O) groups is 1. The van der Waals surface area contributed by atoms with Gasteiger partial charge in [-0.15, -0.1) is 0 Å². The lowest BCUT2D eigenvalue weighted by Crippen LogP contribution is -2.49. The molecule has 1 aromatic carbocycles. The van der Waals surface area contributed by atoms with E-state index in [0.717, 1.165) is 66.9 Å². The second-order valence-electron chi connectivity index (χ2n) is 9.43. The number of hydrogen-bond donors (Lipinski definition) is 1. The van der Waals surface area contributed by atoms with Gasteiger partial charge in [0.1, 0.15) is 17.6 Å². The Morgan fingerprint density at radius 1 is 1.08 bits per heavy atom. The summed E-state index contributed by atoms with van der Waals surface area (Å²) in [6, 6.07) is 4.17. The molecule has 2 aliphatic carbocycles. The Bertz CT molecular complexity index is 996. The molecule has 37 heavy (non-hydrogen) atoms. The van der Waals surface area contributed by atoms with Crippen LogP contribution in [0.25, 0.3) is 5.57 Å². The topological polar surface area (TPSA) is 87.7 Å². The molecule has 4 rings (SSSR count). The molecule has 2 fully saturated rings. The lowest BCUT2D eigenvalue weighted by Gasteiger charge is -2.31. The summed E-state index contributed by atoms with van der Waals surface area (Å²) in [6.45, 7) is 3.35. The molecule has 204 valence electrons. The van der Waals surface area contributed by atoms with Gasteiger partial charge in [-0.25, -0.2) is 0 Å². The first-order valence-corrected chi connectivity index (χ1v) is 13.1. The Morgan fingerprint density at radius 3 is 2.57 bits per heavy atom. The number of methoxy groups -OCH3 is 4. The Balaban J connectivity index is 1.74. The number of rotatable bonds is 13. The maximum absolute atomic E-state index is 13.6. The van der Waals surface area contributed by atoms with Crippen molar-refractivity contribution >= 4 is 11.5 Å². The largest absolute Gasteiger partial charge is 0.500 e. The highest BCUT2D eigenvalue weighted by molar-refractivity contribution is 5.84. The van der Waals surface area contributed by atoms with Crippen molar-refractivity contribution in [2.75, 3.05) is 61.3 Å². The Morgan fingerprint density at radius 2 is 1.92 bits per heavy atom. The number of amides is 1. The van der Waals surface area contributed by atoms with Crippen molar-refractivity contribution in [3.05, 3.63) is 40.9 Å². The van der Waals surface area contributed by atoms with E-state index in [-0.39, 0.29) is 11.9 Å². The van der Waals surface area contributed by atoms with Gasteiger partial charge in [-0.2, -0.15) is 0 Å². The summed E-state index contributed by atoms with van der Waals surface area (Å²) in [5.74, 6) is 2.87. The fourth-order valence-electron chi connectivity index (χ4n) is 4.86. The molecule has 0 radical (unpaired) electrons. The van der Waals surface area contributed by atoms with E-state index in [4.69, 9.17) is 28.4 Å². The lowest BCUT2D eigenvalue weighted by molar-refractivity contribution is -0.146. The third-order valence-electron chi connectivity index (χ3n) is 6.92. The van der Waals surface area contributed by atoms with Gasteiger partial charge in [0.2, 0.25) is 0 Å². The van der Waals surface area contributed by atoms with Crippen molar-refractivity contribution in [3.8, 4) is 11.5 Å². The fourth-order valence-corrected chi connectivity index (χ4v) is 4.86. The van der Waals surface area contributed by atoms with E-state index in [1.807, 2.05) is 17.0 Å². The van der Waals surface area contributed by atoms with Crippen molar-refractivity contribution < 1.29 is 33.2 Å². The predicted octanol–water partition coefficient (Wildman–Crippen LogP) is 3.27. The summed E-state index contributed by atoms with van der Waals surface area (Å²) in [6.07, 6.45) is 5.95. The predicted molar refractivity (Wildman–Crippen MR) is 139 cm³/mol. The quantitative estimate of drug-likeness (QED) is 0.400. The number of ether oxygens (including phenoxy) is 6. The van der Waals surface area contributed by atoms with Crippen molar-refractivity contribution in [2.24, 2.45) is 0 Å². The van der Waals surface area contributed by atoms with Gasteiger partial charge >= 0.3 is 0 Å². The first kappa shape index (κ1) is 27.3. The summed E-state index contributed by atoms with van der Waals surface area (Å²) in [4.78, 5) is 15.5. The number of morpholine rings is 1. The molecular formula is C28H40N2O7. The number of nitrogens with zero attached hydrogens (tertiary/aromatic N) is 1. The van der Waals surface area contributed by atoms with Crippen LogP contribution >= 0.6 is 0 Å². The van der Waals surface area contributed by atoms with Gasteiger partial charge in [-0.05, 0) is 48.6 Å². The SMILES string of the molecule is COCCCOc1cc(CN(C(=O)[C@H]2CNCCO2)C2CC2)c(C2=C(OC)CCC=C2OC)cc1OC. The van der Waals surface area contributed by atoms with Crippen molar-refractivity contribution in [1.82, 2.24) is 10.2 Å². The van der Waals surface area contributed by atoms with Crippen LogP contribution in [0.4, 0.5) is 0 Å². The molecule has 1 atom stereocenters. The van der Waals surface area contributed by atoms with Gasteiger partial charge in [0, 0.05) is 52.2 Å². The van der Waals surface area contributed by atoms with Gasteiger partial charge in [0.05, 0.1) is 40.1 Å². The van der Waals surface area contributed by atoms with Gasteiger partial charge in [-0.3, -0.25) is 4.79 Å². The number of nitrogens with one attached hydrogen (secondary N) is 1. The molecule has 3 aliphatic rings. The van der Waals surface area contributed by atoms with Crippen LogP contribution in [0.5, 0.6) is 11.5 Å². The van der Waals surface area contributed by atoms with Crippen molar-refractivity contribution in [3.63, 3.8) is 0 Å². The normalized spacial score (nSPS) is 19.8. The maximum Gasteiger partial charge on any atom is 0.253 e. The smallest absolute Gasteiger partial charge is 0.253 e. The molecule has 9 nitrogen and oxygen atoms in total. The molecule has 9 heteroatoms. The molecule has 0 spiro atoms. The van der Waals surface area contributed by atoms with Gasteiger partial charge in [0.15, 0.2) is 11.5 Å². The van der Waals surface area contributed by atoms with E-state index in [1.54, 1.807) is 28.4 Å². The highest BCUT2D eigenvalue weighted by atomic mass is 16.5. The third kappa shape index (κ3) is 6.58. The summed E-state index contributed by atoms with van der Waals surface area (Å²) in [5.41, 5.74) is 2.74. The fraction of sp³-hybridized carbons (Fsp3) is 0.607. The molecule has 1 saturated carbocycles. The Labute approximate surface area is 219 Å². The zero-order valence-electron chi connectivity index (χ0n) is 22.5. The van der Waals surface area contributed by atoms with Crippen LogP contribution in [-0.4, -0.2) is 84.3 Å². The molecule has 0 unspecified atom stereocenters. The second-order valence-corrected chi connectivity index (χ2v) is 9.43. The van der Waals surface area contributed by atoms with Crippen LogP contribution in [0.3, 0.4) is 0 Å². The van der Waals surface area contributed by atoms with Crippen molar-refractivity contribution in [1.29, 1.82) is 0 Å². The van der Waals surface area contributed by atoms with E-state index in [2.05, 4.69) is 11.4 Å².